The summed E-state index contributed by atoms with van der Waals surface area (Å²) in [6.07, 6.45) is 4.90. The molecule has 1 aromatic carbocycles. The topological polar surface area (TPSA) is 46.3 Å². The molecule has 1 saturated heterocycles. The van der Waals surface area contributed by atoms with E-state index in [1.807, 2.05) is 23.1 Å². The summed E-state index contributed by atoms with van der Waals surface area (Å²) in [5.74, 6) is 1.97. The molecular formula is C21H26N2O2. The van der Waals surface area contributed by atoms with Crippen LogP contribution in [0.3, 0.4) is 0 Å². The number of allylic oxidation sites excluding steroid dienone is 1. The minimum atomic E-state index is -0.0488. The molecule has 1 aliphatic rings. The molecule has 1 aromatic heterocycles. The van der Waals surface area contributed by atoms with Crippen molar-refractivity contribution in [1.82, 2.24) is 9.88 Å². The van der Waals surface area contributed by atoms with Crippen LogP contribution < -0.4 is 0 Å². The lowest BCUT2D eigenvalue weighted by molar-refractivity contribution is -0.132. The van der Waals surface area contributed by atoms with Gasteiger partial charge in [0.25, 0.3) is 0 Å². The standard InChI is InChI=1S/C21H26N2O2/c1-4-5-13-18(24)23-14-9-12-17(23)21-22-19(20(25-21)15(2)3)16-10-7-6-8-11-16/h4,6-8,10-11,15,17H,1,5,9,12-14H2,2-3H3. The first kappa shape index (κ1) is 17.5. The highest BCUT2D eigenvalue weighted by atomic mass is 16.4. The lowest BCUT2D eigenvalue weighted by atomic mass is 10.0. The maximum atomic E-state index is 12.5. The SMILES string of the molecule is C=CCCC(=O)N1CCCC1c1nc(-c2ccccc2)c(C(C)C)o1. The molecule has 132 valence electrons. The summed E-state index contributed by atoms with van der Waals surface area (Å²) in [7, 11) is 0. The third-order valence-electron chi connectivity index (χ3n) is 4.66. The normalized spacial score (nSPS) is 17.2. The summed E-state index contributed by atoms with van der Waals surface area (Å²) in [5.41, 5.74) is 1.96. The smallest absolute Gasteiger partial charge is 0.223 e. The highest BCUT2D eigenvalue weighted by Crippen LogP contribution is 2.37. The molecule has 3 rings (SSSR count). The summed E-state index contributed by atoms with van der Waals surface area (Å²) in [5, 5.41) is 0. The van der Waals surface area contributed by atoms with Crippen LogP contribution in [0.2, 0.25) is 0 Å². The highest BCUT2D eigenvalue weighted by Gasteiger charge is 2.34. The van der Waals surface area contributed by atoms with Crippen molar-refractivity contribution in [1.29, 1.82) is 0 Å². The van der Waals surface area contributed by atoms with Crippen molar-refractivity contribution in [3.63, 3.8) is 0 Å². The van der Waals surface area contributed by atoms with Crippen LogP contribution in [-0.4, -0.2) is 22.3 Å². The predicted molar refractivity (Wildman–Crippen MR) is 99.1 cm³/mol. The Morgan fingerprint density at radius 2 is 2.16 bits per heavy atom. The fraction of sp³-hybridized carbons (Fsp3) is 0.429. The van der Waals surface area contributed by atoms with Gasteiger partial charge in [-0.3, -0.25) is 4.79 Å². The van der Waals surface area contributed by atoms with Crippen molar-refractivity contribution < 1.29 is 9.21 Å². The minimum Gasteiger partial charge on any atom is -0.442 e. The Bertz CT molecular complexity index is 734. The molecule has 25 heavy (non-hydrogen) atoms. The third kappa shape index (κ3) is 3.68. The predicted octanol–water partition coefficient (Wildman–Crippen LogP) is 5.09. The number of amides is 1. The highest BCUT2D eigenvalue weighted by molar-refractivity contribution is 5.77. The van der Waals surface area contributed by atoms with Gasteiger partial charge < -0.3 is 9.32 Å². The zero-order valence-corrected chi connectivity index (χ0v) is 15.1. The number of carbonyl (C=O) groups is 1. The Balaban J connectivity index is 1.92. The molecule has 0 bridgehead atoms. The molecule has 0 radical (unpaired) electrons. The van der Waals surface area contributed by atoms with E-state index in [1.165, 1.54) is 0 Å². The Kier molecular flexibility index (Phi) is 5.37. The molecule has 0 aliphatic carbocycles. The monoisotopic (exact) mass is 338 g/mol. The zero-order chi connectivity index (χ0) is 17.8. The number of hydrogen-bond donors (Lipinski definition) is 0. The molecule has 1 aliphatic heterocycles. The van der Waals surface area contributed by atoms with Gasteiger partial charge in [-0.05, 0) is 19.3 Å². The van der Waals surface area contributed by atoms with Crippen LogP contribution >= 0.6 is 0 Å². The van der Waals surface area contributed by atoms with Crippen molar-refractivity contribution in [2.45, 2.75) is 51.5 Å². The first-order chi connectivity index (χ1) is 12.1. The van der Waals surface area contributed by atoms with Gasteiger partial charge in [0, 0.05) is 24.4 Å². The van der Waals surface area contributed by atoms with E-state index < -0.39 is 0 Å². The van der Waals surface area contributed by atoms with E-state index in [9.17, 15) is 4.79 Å². The van der Waals surface area contributed by atoms with Gasteiger partial charge in [0.2, 0.25) is 11.8 Å². The molecule has 0 saturated carbocycles. The minimum absolute atomic E-state index is 0.0488. The number of aromatic nitrogens is 1. The van der Waals surface area contributed by atoms with Crippen LogP contribution in [0.1, 0.15) is 63.1 Å². The number of rotatable bonds is 6. The lowest BCUT2D eigenvalue weighted by Crippen LogP contribution is -2.30. The van der Waals surface area contributed by atoms with Crippen LogP contribution in [0.15, 0.2) is 47.4 Å². The average molecular weight is 338 g/mol. The summed E-state index contributed by atoms with van der Waals surface area (Å²) in [4.78, 5) is 19.2. The second-order valence-corrected chi connectivity index (χ2v) is 6.86. The molecular weight excluding hydrogens is 312 g/mol. The Labute approximate surface area is 149 Å². The zero-order valence-electron chi connectivity index (χ0n) is 15.1. The van der Waals surface area contributed by atoms with Gasteiger partial charge in [0.15, 0.2) is 0 Å². The van der Waals surface area contributed by atoms with Crippen molar-refractivity contribution in [3.05, 3.63) is 54.6 Å². The molecule has 4 nitrogen and oxygen atoms in total. The summed E-state index contributed by atoms with van der Waals surface area (Å²) in [6.45, 7) is 8.70. The van der Waals surface area contributed by atoms with Gasteiger partial charge in [-0.2, -0.15) is 0 Å². The first-order valence-corrected chi connectivity index (χ1v) is 9.08. The van der Waals surface area contributed by atoms with E-state index in [0.29, 0.717) is 18.7 Å². The maximum absolute atomic E-state index is 12.5. The maximum Gasteiger partial charge on any atom is 0.223 e. The molecule has 0 spiro atoms. The Morgan fingerprint density at radius 1 is 1.40 bits per heavy atom. The van der Waals surface area contributed by atoms with E-state index in [4.69, 9.17) is 9.40 Å². The molecule has 1 atom stereocenters. The Morgan fingerprint density at radius 3 is 2.84 bits per heavy atom. The number of hydrogen-bond acceptors (Lipinski definition) is 3. The molecule has 0 N–H and O–H groups in total. The van der Waals surface area contributed by atoms with Crippen molar-refractivity contribution in [2.24, 2.45) is 0 Å². The van der Waals surface area contributed by atoms with Gasteiger partial charge >= 0.3 is 0 Å². The van der Waals surface area contributed by atoms with E-state index >= 15 is 0 Å². The van der Waals surface area contributed by atoms with Crippen LogP contribution in [0.5, 0.6) is 0 Å². The second kappa shape index (κ2) is 7.68. The van der Waals surface area contributed by atoms with Gasteiger partial charge in [-0.15, -0.1) is 6.58 Å². The number of benzene rings is 1. The van der Waals surface area contributed by atoms with Crippen molar-refractivity contribution in [3.8, 4) is 11.3 Å². The molecule has 4 heteroatoms. The summed E-state index contributed by atoms with van der Waals surface area (Å²) < 4.78 is 6.17. The molecule has 2 heterocycles. The van der Waals surface area contributed by atoms with Crippen LogP contribution in [0.4, 0.5) is 0 Å². The third-order valence-corrected chi connectivity index (χ3v) is 4.66. The van der Waals surface area contributed by atoms with E-state index in [0.717, 1.165) is 36.4 Å². The van der Waals surface area contributed by atoms with Gasteiger partial charge in [0.1, 0.15) is 17.5 Å². The van der Waals surface area contributed by atoms with Crippen LogP contribution in [-0.2, 0) is 4.79 Å². The van der Waals surface area contributed by atoms with Crippen LogP contribution in [0, 0.1) is 0 Å². The number of likely N-dealkylation sites (tertiary alicyclic amines) is 1. The fourth-order valence-electron chi connectivity index (χ4n) is 3.38. The van der Waals surface area contributed by atoms with Gasteiger partial charge in [-0.25, -0.2) is 4.98 Å². The average Bonchev–Trinajstić information content (AvgIpc) is 3.27. The van der Waals surface area contributed by atoms with Crippen molar-refractivity contribution in [2.75, 3.05) is 6.54 Å². The van der Waals surface area contributed by atoms with Gasteiger partial charge in [-0.1, -0.05) is 50.3 Å². The largest absolute Gasteiger partial charge is 0.442 e. The Hall–Kier alpha value is -2.36. The summed E-state index contributed by atoms with van der Waals surface area (Å²) in [6, 6.07) is 10.1. The molecule has 1 amide bonds. The van der Waals surface area contributed by atoms with E-state index in [-0.39, 0.29) is 17.9 Å². The first-order valence-electron chi connectivity index (χ1n) is 9.08. The number of carbonyl (C=O) groups excluding carboxylic acids is 1. The quantitative estimate of drug-likeness (QED) is 0.689. The lowest BCUT2D eigenvalue weighted by Gasteiger charge is -2.22. The van der Waals surface area contributed by atoms with Crippen molar-refractivity contribution >= 4 is 5.91 Å². The number of oxazole rings is 1. The number of nitrogens with zero attached hydrogens (tertiary/aromatic N) is 2. The van der Waals surface area contributed by atoms with E-state index in [2.05, 4.69) is 32.6 Å². The molecule has 1 unspecified atom stereocenters. The molecule has 1 fully saturated rings. The second-order valence-electron chi connectivity index (χ2n) is 6.86. The molecule has 2 aromatic rings. The van der Waals surface area contributed by atoms with Gasteiger partial charge in [0.05, 0.1) is 0 Å². The van der Waals surface area contributed by atoms with Crippen LogP contribution in [0.25, 0.3) is 11.3 Å². The van der Waals surface area contributed by atoms with E-state index in [1.54, 1.807) is 6.08 Å². The fourth-order valence-corrected chi connectivity index (χ4v) is 3.38. The summed E-state index contributed by atoms with van der Waals surface area (Å²) >= 11 is 0.